The van der Waals surface area contributed by atoms with Crippen molar-refractivity contribution in [2.24, 2.45) is 11.8 Å². The third-order valence-electron chi connectivity index (χ3n) is 8.58. The fourth-order valence-electron chi connectivity index (χ4n) is 6.88. The number of aliphatic hydroxyl groups is 1. The number of amides is 3. The Balaban J connectivity index is 1.56. The van der Waals surface area contributed by atoms with Gasteiger partial charge in [-0.25, -0.2) is 0 Å². The van der Waals surface area contributed by atoms with Crippen LogP contribution in [0.5, 0.6) is 0 Å². The molecule has 3 amide bonds. The van der Waals surface area contributed by atoms with Gasteiger partial charge in [0.25, 0.3) is 5.91 Å². The molecule has 4 aliphatic rings. The Hall–Kier alpha value is -2.29. The van der Waals surface area contributed by atoms with Crippen molar-refractivity contribution < 1.29 is 19.5 Å². The van der Waals surface area contributed by atoms with Crippen molar-refractivity contribution in [1.82, 2.24) is 9.80 Å². The van der Waals surface area contributed by atoms with Crippen molar-refractivity contribution >= 4 is 46.8 Å². The summed E-state index contributed by atoms with van der Waals surface area (Å²) in [5.41, 5.74) is 0.735. The van der Waals surface area contributed by atoms with Crippen molar-refractivity contribution in [2.75, 3.05) is 37.7 Å². The lowest BCUT2D eigenvalue weighted by atomic mass is 9.74. The molecule has 1 aromatic carbocycles. The molecular formula is C30H38ClN3O4S. The monoisotopic (exact) mass is 571 g/mol. The number of likely N-dealkylation sites (tertiary alicyclic amines) is 1. The highest BCUT2D eigenvalue weighted by Gasteiger charge is 2.73. The standard InChI is InChI=1S/C30H38ClN3O4S/c1-3-16-32-17-8-14-29(2)23(26(32)36)24-27(37)34(18-6-4-5-7-20-35)25-28(38)33(19-9-15-30(24,25)39-29)22-12-10-21(31)11-13-22/h8-15,23-25,35H,3-7,16-20H2,1-2H3/t23-,24+,25?,29+,30+/m1/s1. The molecule has 39 heavy (non-hydrogen) atoms. The Kier molecular flexibility index (Phi) is 8.18. The zero-order chi connectivity index (χ0) is 27.8. The first-order valence-electron chi connectivity index (χ1n) is 14.1. The van der Waals surface area contributed by atoms with E-state index >= 15 is 0 Å². The van der Waals surface area contributed by atoms with Crippen LogP contribution in [0.1, 0.15) is 46.0 Å². The number of hydrogen-bond donors (Lipinski definition) is 1. The normalized spacial score (nSPS) is 31.8. The number of anilines is 1. The second-order valence-corrected chi connectivity index (χ2v) is 13.4. The van der Waals surface area contributed by atoms with E-state index in [4.69, 9.17) is 16.7 Å². The zero-order valence-electron chi connectivity index (χ0n) is 22.7. The highest BCUT2D eigenvalue weighted by atomic mass is 35.5. The number of rotatable bonds is 9. The molecule has 1 aromatic rings. The fraction of sp³-hybridized carbons (Fsp3) is 0.567. The first-order chi connectivity index (χ1) is 18.8. The smallest absolute Gasteiger partial charge is 0.251 e. The molecule has 210 valence electrons. The molecule has 0 saturated carbocycles. The Morgan fingerprint density at radius 3 is 2.36 bits per heavy atom. The maximum absolute atomic E-state index is 14.5. The average Bonchev–Trinajstić information content (AvgIpc) is 3.18. The summed E-state index contributed by atoms with van der Waals surface area (Å²) in [5.74, 6) is -1.37. The summed E-state index contributed by atoms with van der Waals surface area (Å²) >= 11 is 7.75. The number of benzene rings is 1. The summed E-state index contributed by atoms with van der Waals surface area (Å²) in [4.78, 5) is 48.3. The molecule has 1 spiro atoms. The van der Waals surface area contributed by atoms with Gasteiger partial charge in [0.1, 0.15) is 6.04 Å². The topological polar surface area (TPSA) is 81.2 Å². The zero-order valence-corrected chi connectivity index (χ0v) is 24.3. The molecule has 2 fully saturated rings. The maximum Gasteiger partial charge on any atom is 0.251 e. The molecular weight excluding hydrogens is 534 g/mol. The molecule has 0 aromatic heterocycles. The number of halogens is 1. The molecule has 2 saturated heterocycles. The summed E-state index contributed by atoms with van der Waals surface area (Å²) in [5, 5.41) is 9.76. The minimum atomic E-state index is -0.838. The van der Waals surface area contributed by atoms with Gasteiger partial charge in [-0.2, -0.15) is 0 Å². The van der Waals surface area contributed by atoms with Gasteiger partial charge in [0.2, 0.25) is 11.8 Å². The van der Waals surface area contributed by atoms with Crippen molar-refractivity contribution in [3.05, 3.63) is 53.6 Å². The van der Waals surface area contributed by atoms with E-state index in [-0.39, 0.29) is 24.3 Å². The van der Waals surface area contributed by atoms with Crippen LogP contribution in [0, 0.1) is 11.8 Å². The molecule has 1 N–H and O–H groups in total. The van der Waals surface area contributed by atoms with E-state index in [9.17, 15) is 14.4 Å². The lowest BCUT2D eigenvalue weighted by Gasteiger charge is -2.37. The second-order valence-electron chi connectivity index (χ2n) is 11.2. The predicted octanol–water partition coefficient (Wildman–Crippen LogP) is 4.29. The Labute approximate surface area is 240 Å². The number of carbonyl (C=O) groups excluding carboxylic acids is 3. The van der Waals surface area contributed by atoms with Gasteiger partial charge in [0.15, 0.2) is 0 Å². The van der Waals surface area contributed by atoms with E-state index in [1.807, 2.05) is 23.1 Å². The van der Waals surface area contributed by atoms with Crippen molar-refractivity contribution in [3.63, 3.8) is 0 Å². The number of hydrogen-bond acceptors (Lipinski definition) is 5. The van der Waals surface area contributed by atoms with E-state index in [0.29, 0.717) is 31.2 Å². The highest BCUT2D eigenvalue weighted by Crippen LogP contribution is 2.65. The van der Waals surface area contributed by atoms with Gasteiger partial charge in [-0.05, 0) is 50.5 Å². The lowest BCUT2D eigenvalue weighted by Crippen LogP contribution is -2.53. The number of nitrogens with zero attached hydrogens (tertiary/aromatic N) is 3. The van der Waals surface area contributed by atoms with E-state index in [1.165, 1.54) is 0 Å². The van der Waals surface area contributed by atoms with E-state index < -0.39 is 27.4 Å². The molecule has 4 aliphatic heterocycles. The van der Waals surface area contributed by atoms with Gasteiger partial charge in [-0.15, -0.1) is 11.8 Å². The van der Waals surface area contributed by atoms with Crippen LogP contribution in [0.2, 0.25) is 5.02 Å². The van der Waals surface area contributed by atoms with Crippen LogP contribution >= 0.6 is 23.4 Å². The summed E-state index contributed by atoms with van der Waals surface area (Å²) in [6, 6.07) is 6.50. The number of thioether (sulfide) groups is 1. The molecule has 1 unspecified atom stereocenters. The SMILES string of the molecule is CCCN1CC=C[C@]2(C)S[C@]34C=CCN(c5ccc(Cl)cc5)C(=O)C3N(CCCCCCO)C(=O)[C@@H]4[C@@H]2C1=O. The van der Waals surface area contributed by atoms with Crippen LogP contribution in [-0.4, -0.2) is 80.9 Å². The van der Waals surface area contributed by atoms with Gasteiger partial charge in [-0.1, -0.05) is 55.7 Å². The summed E-state index contributed by atoms with van der Waals surface area (Å²) in [7, 11) is 0. The lowest BCUT2D eigenvalue weighted by molar-refractivity contribution is -0.143. The predicted molar refractivity (Wildman–Crippen MR) is 156 cm³/mol. The van der Waals surface area contributed by atoms with Gasteiger partial charge >= 0.3 is 0 Å². The first-order valence-corrected chi connectivity index (χ1v) is 15.3. The molecule has 4 heterocycles. The quantitative estimate of drug-likeness (QED) is 0.353. The second kappa shape index (κ2) is 11.3. The van der Waals surface area contributed by atoms with Crippen LogP contribution in [-0.2, 0) is 14.4 Å². The molecule has 0 radical (unpaired) electrons. The third-order valence-corrected chi connectivity index (χ3v) is 10.6. The summed E-state index contributed by atoms with van der Waals surface area (Å²) < 4.78 is -1.43. The van der Waals surface area contributed by atoms with E-state index in [1.54, 1.807) is 33.7 Å². The van der Waals surface area contributed by atoms with Crippen molar-refractivity contribution in [2.45, 2.75) is 61.5 Å². The molecule has 9 heteroatoms. The Morgan fingerprint density at radius 1 is 0.923 bits per heavy atom. The molecule has 5 rings (SSSR count). The molecule has 0 aliphatic carbocycles. The maximum atomic E-state index is 14.5. The summed E-state index contributed by atoms with van der Waals surface area (Å²) in [6.07, 6.45) is 12.3. The number of carbonyl (C=O) groups is 3. The van der Waals surface area contributed by atoms with Gasteiger partial charge in [0.05, 0.1) is 16.6 Å². The molecule has 5 atom stereocenters. The number of aliphatic hydroxyl groups excluding tert-OH is 1. The number of fused-ring (bicyclic) bond motifs is 2. The largest absolute Gasteiger partial charge is 0.396 e. The van der Waals surface area contributed by atoms with Crippen LogP contribution in [0.4, 0.5) is 5.69 Å². The van der Waals surface area contributed by atoms with Crippen molar-refractivity contribution in [3.8, 4) is 0 Å². The minimum Gasteiger partial charge on any atom is -0.396 e. The summed E-state index contributed by atoms with van der Waals surface area (Å²) in [6.45, 7) is 6.29. The third kappa shape index (κ3) is 4.82. The van der Waals surface area contributed by atoms with Crippen LogP contribution in [0.25, 0.3) is 0 Å². The van der Waals surface area contributed by atoms with Crippen LogP contribution in [0.15, 0.2) is 48.6 Å². The van der Waals surface area contributed by atoms with Gasteiger partial charge in [0, 0.05) is 48.2 Å². The average molecular weight is 572 g/mol. The van der Waals surface area contributed by atoms with Crippen LogP contribution in [0.3, 0.4) is 0 Å². The highest BCUT2D eigenvalue weighted by molar-refractivity contribution is 8.02. The van der Waals surface area contributed by atoms with E-state index in [0.717, 1.165) is 37.8 Å². The number of unbranched alkanes of at least 4 members (excludes halogenated alkanes) is 3. The van der Waals surface area contributed by atoms with Gasteiger partial charge in [-0.3, -0.25) is 14.4 Å². The first kappa shape index (κ1) is 28.2. The van der Waals surface area contributed by atoms with Gasteiger partial charge < -0.3 is 19.8 Å². The fourth-order valence-corrected chi connectivity index (χ4v) is 9.17. The van der Waals surface area contributed by atoms with Crippen LogP contribution < -0.4 is 4.90 Å². The molecule has 7 nitrogen and oxygen atoms in total. The minimum absolute atomic E-state index is 0.00951. The molecule has 0 bridgehead atoms. The van der Waals surface area contributed by atoms with E-state index in [2.05, 4.69) is 32.1 Å². The van der Waals surface area contributed by atoms with Crippen molar-refractivity contribution in [1.29, 1.82) is 0 Å². The Bertz CT molecular complexity index is 1170. The Morgan fingerprint density at radius 2 is 1.64 bits per heavy atom.